The Balaban J connectivity index is 0.000000602. The third-order valence-electron chi connectivity index (χ3n) is 6.24. The number of hydrogen-bond donors (Lipinski definition) is 1. The van der Waals surface area contributed by atoms with E-state index < -0.39 is 0 Å². The van der Waals surface area contributed by atoms with Crippen LogP contribution in [0, 0.1) is 11.3 Å². The summed E-state index contributed by atoms with van der Waals surface area (Å²) >= 11 is 0. The molecule has 1 fully saturated rings. The van der Waals surface area contributed by atoms with Crippen molar-refractivity contribution in [1.29, 1.82) is 0 Å². The van der Waals surface area contributed by atoms with Gasteiger partial charge in [-0.1, -0.05) is 115 Å². The van der Waals surface area contributed by atoms with Gasteiger partial charge in [-0.05, 0) is 63.2 Å². The number of hydrogen-bond acceptors (Lipinski definition) is 1. The summed E-state index contributed by atoms with van der Waals surface area (Å²) in [7, 11) is 0. The Morgan fingerprint density at radius 2 is 1.76 bits per heavy atom. The van der Waals surface area contributed by atoms with Gasteiger partial charge in [-0.15, -0.1) is 0 Å². The predicted octanol–water partition coefficient (Wildman–Crippen LogP) is 10.4. The average Bonchev–Trinajstić information content (AvgIpc) is 3.63. The predicted molar refractivity (Wildman–Crippen MR) is 154 cm³/mol. The highest BCUT2D eigenvalue weighted by atomic mass is 14.9. The Bertz CT molecular complexity index is 773. The monoisotopic (exact) mass is 449 g/mol. The van der Waals surface area contributed by atoms with E-state index in [-0.39, 0.29) is 5.41 Å². The first kappa shape index (κ1) is 30.7. The topological polar surface area (TPSA) is 12.0 Å². The fourth-order valence-electron chi connectivity index (χ4n) is 4.02. The number of benzene rings is 1. The summed E-state index contributed by atoms with van der Waals surface area (Å²) in [6, 6.07) is 8.50. The van der Waals surface area contributed by atoms with Gasteiger partial charge in [-0.3, -0.25) is 0 Å². The molecule has 0 aliphatic heterocycles. The van der Waals surface area contributed by atoms with Crippen molar-refractivity contribution < 1.29 is 0 Å². The molecule has 0 spiro atoms. The first-order chi connectivity index (χ1) is 15.9. The SMILES string of the molecule is C=C(c1ccccc1NCC)C(C)CCCCC.C=C/C=C(\C=C/C)C1(C(=C)C)CC1.CC. The molecule has 1 aliphatic carbocycles. The second-order valence-electron chi connectivity index (χ2n) is 8.72. The Morgan fingerprint density at radius 1 is 1.12 bits per heavy atom. The van der Waals surface area contributed by atoms with Crippen molar-refractivity contribution in [1.82, 2.24) is 0 Å². The third kappa shape index (κ3) is 10.0. The van der Waals surface area contributed by atoms with E-state index in [1.54, 1.807) is 0 Å². The van der Waals surface area contributed by atoms with Gasteiger partial charge in [0, 0.05) is 23.2 Å². The van der Waals surface area contributed by atoms with Crippen molar-refractivity contribution in [3.63, 3.8) is 0 Å². The molecule has 0 amide bonds. The molecular formula is C32H51N. The van der Waals surface area contributed by atoms with Crippen LogP contribution in [0.25, 0.3) is 5.57 Å². The molecule has 1 aromatic rings. The van der Waals surface area contributed by atoms with Gasteiger partial charge in [-0.2, -0.15) is 0 Å². The molecule has 1 aromatic carbocycles. The van der Waals surface area contributed by atoms with E-state index in [4.69, 9.17) is 0 Å². The molecule has 1 atom stereocenters. The molecular weight excluding hydrogens is 398 g/mol. The largest absolute Gasteiger partial charge is 0.385 e. The van der Waals surface area contributed by atoms with Crippen molar-refractivity contribution in [2.45, 2.75) is 87.0 Å². The molecule has 1 saturated carbocycles. The second kappa shape index (κ2) is 17.2. The molecule has 0 heterocycles. The molecule has 1 nitrogen and oxygen atoms in total. The van der Waals surface area contributed by atoms with Crippen LogP contribution in [0.4, 0.5) is 5.69 Å². The number of anilines is 1. The van der Waals surface area contributed by atoms with E-state index in [0.29, 0.717) is 5.92 Å². The number of unbranched alkanes of at least 4 members (excludes halogenated alkanes) is 2. The van der Waals surface area contributed by atoms with Crippen LogP contribution in [0.1, 0.15) is 92.6 Å². The molecule has 33 heavy (non-hydrogen) atoms. The minimum absolute atomic E-state index is 0.278. The molecule has 0 aromatic heterocycles. The van der Waals surface area contributed by atoms with E-state index in [1.165, 1.54) is 66.5 Å². The van der Waals surface area contributed by atoms with Crippen molar-refractivity contribution in [3.05, 3.63) is 85.0 Å². The van der Waals surface area contributed by atoms with Crippen molar-refractivity contribution in [3.8, 4) is 0 Å². The van der Waals surface area contributed by atoms with Crippen molar-refractivity contribution in [2.75, 3.05) is 11.9 Å². The highest BCUT2D eigenvalue weighted by Crippen LogP contribution is 2.57. The summed E-state index contributed by atoms with van der Waals surface area (Å²) in [5, 5.41) is 3.42. The Hall–Kier alpha value is -2.28. The highest BCUT2D eigenvalue weighted by Gasteiger charge is 2.45. The smallest absolute Gasteiger partial charge is 0.0416 e. The van der Waals surface area contributed by atoms with Crippen LogP contribution in [-0.2, 0) is 0 Å². The second-order valence-corrected chi connectivity index (χ2v) is 8.72. The fraction of sp³-hybridized carbons (Fsp3) is 0.500. The summed E-state index contributed by atoms with van der Waals surface area (Å²) in [5.41, 5.74) is 6.68. The van der Waals surface area contributed by atoms with Gasteiger partial charge in [0.05, 0.1) is 0 Å². The standard InChI is InChI=1S/C17H27N.C13H18.C2H6/c1-5-7-8-11-14(3)15(4)16-12-9-10-13-17(16)18-6-2;1-5-7-12(8-6-2)13(9-10-13)11(3)4;1-2/h9-10,12-14,18H,4-8,11H2,1-3H3;5-8H,1,3,9-10H2,2,4H3;1-2H3/b;8-6-,12-7+;. The van der Waals surface area contributed by atoms with Gasteiger partial charge in [0.25, 0.3) is 0 Å². The number of nitrogens with one attached hydrogen (secondary N) is 1. The van der Waals surface area contributed by atoms with Crippen LogP contribution in [0.2, 0.25) is 0 Å². The molecule has 2 rings (SSSR count). The molecule has 0 saturated heterocycles. The summed E-state index contributed by atoms with van der Waals surface area (Å²) in [6.45, 7) is 27.9. The maximum absolute atomic E-state index is 4.31. The normalized spacial score (nSPS) is 14.8. The quantitative estimate of drug-likeness (QED) is 0.190. The highest BCUT2D eigenvalue weighted by molar-refractivity contribution is 5.76. The van der Waals surface area contributed by atoms with E-state index in [9.17, 15) is 0 Å². The van der Waals surface area contributed by atoms with Gasteiger partial charge < -0.3 is 5.32 Å². The molecule has 0 bridgehead atoms. The van der Waals surface area contributed by atoms with Gasteiger partial charge >= 0.3 is 0 Å². The van der Waals surface area contributed by atoms with Crippen LogP contribution < -0.4 is 5.32 Å². The number of para-hydroxylation sites is 1. The summed E-state index contributed by atoms with van der Waals surface area (Å²) in [6.07, 6.45) is 15.9. The maximum Gasteiger partial charge on any atom is 0.0416 e. The Kier molecular flexibility index (Phi) is 16.0. The van der Waals surface area contributed by atoms with Crippen LogP contribution in [0.5, 0.6) is 0 Å². The number of allylic oxidation sites excluding steroid dienone is 7. The summed E-state index contributed by atoms with van der Waals surface area (Å²) < 4.78 is 0. The molecule has 1 unspecified atom stereocenters. The minimum Gasteiger partial charge on any atom is -0.385 e. The lowest BCUT2D eigenvalue weighted by Crippen LogP contribution is -2.04. The van der Waals surface area contributed by atoms with E-state index in [1.807, 2.05) is 26.8 Å². The lowest BCUT2D eigenvalue weighted by atomic mass is 9.88. The zero-order valence-electron chi connectivity index (χ0n) is 22.8. The molecule has 0 radical (unpaired) electrons. The van der Waals surface area contributed by atoms with E-state index >= 15 is 0 Å². The third-order valence-corrected chi connectivity index (χ3v) is 6.24. The van der Waals surface area contributed by atoms with Crippen LogP contribution >= 0.6 is 0 Å². The Labute approximate surface area is 206 Å². The summed E-state index contributed by atoms with van der Waals surface area (Å²) in [4.78, 5) is 0. The van der Waals surface area contributed by atoms with Crippen molar-refractivity contribution >= 4 is 11.3 Å². The molecule has 184 valence electrons. The van der Waals surface area contributed by atoms with E-state index in [2.05, 4.69) is 95.2 Å². The van der Waals surface area contributed by atoms with Gasteiger partial charge in [0.15, 0.2) is 0 Å². The average molecular weight is 450 g/mol. The zero-order valence-corrected chi connectivity index (χ0v) is 22.8. The van der Waals surface area contributed by atoms with Crippen molar-refractivity contribution in [2.24, 2.45) is 11.3 Å². The van der Waals surface area contributed by atoms with E-state index in [0.717, 1.165) is 6.54 Å². The zero-order chi connectivity index (χ0) is 25.3. The lowest BCUT2D eigenvalue weighted by molar-refractivity contribution is 0.587. The maximum atomic E-state index is 4.31. The lowest BCUT2D eigenvalue weighted by Gasteiger charge is -2.18. The van der Waals surface area contributed by atoms with Gasteiger partial charge in [-0.25, -0.2) is 0 Å². The molecule has 1 N–H and O–H groups in total. The number of rotatable bonds is 12. The van der Waals surface area contributed by atoms with Crippen LogP contribution in [-0.4, -0.2) is 6.54 Å². The van der Waals surface area contributed by atoms with Gasteiger partial charge in [0.2, 0.25) is 0 Å². The van der Waals surface area contributed by atoms with Crippen LogP contribution in [0.3, 0.4) is 0 Å². The molecule has 1 aliphatic rings. The Morgan fingerprint density at radius 3 is 2.24 bits per heavy atom. The van der Waals surface area contributed by atoms with Gasteiger partial charge in [0.1, 0.15) is 0 Å². The molecule has 1 heteroatoms. The first-order valence-corrected chi connectivity index (χ1v) is 13.0. The minimum atomic E-state index is 0.278. The summed E-state index contributed by atoms with van der Waals surface area (Å²) in [5.74, 6) is 0.566. The fourth-order valence-corrected chi connectivity index (χ4v) is 4.02. The van der Waals surface area contributed by atoms with Crippen LogP contribution in [0.15, 0.2) is 79.5 Å². The first-order valence-electron chi connectivity index (χ1n) is 13.0.